The molecule has 0 spiro atoms. The van der Waals surface area contributed by atoms with E-state index in [0.717, 1.165) is 12.1 Å². The molecule has 1 fully saturated rings. The number of ketones is 1. The molecule has 158 valence electrons. The van der Waals surface area contributed by atoms with E-state index in [0.29, 0.717) is 28.7 Å². The highest BCUT2D eigenvalue weighted by atomic mass is 35.5. The van der Waals surface area contributed by atoms with Crippen molar-refractivity contribution in [3.63, 3.8) is 0 Å². The Kier molecular flexibility index (Phi) is 6.55. The van der Waals surface area contributed by atoms with Crippen molar-refractivity contribution in [2.24, 2.45) is 5.73 Å². The van der Waals surface area contributed by atoms with Crippen molar-refractivity contribution in [1.82, 2.24) is 0 Å². The lowest BCUT2D eigenvalue weighted by Gasteiger charge is -2.29. The second kappa shape index (κ2) is 8.65. The predicted octanol–water partition coefficient (Wildman–Crippen LogP) is 6.06. The number of carbonyl (C=O) groups is 2. The molecule has 1 saturated heterocycles. The zero-order valence-corrected chi connectivity index (χ0v) is 18.0. The van der Waals surface area contributed by atoms with Crippen molar-refractivity contribution >= 4 is 52.2 Å². The van der Waals surface area contributed by atoms with E-state index in [1.807, 2.05) is 0 Å². The molecular formula is C21H16Cl2F3NO2S. The minimum atomic E-state index is -4.81. The SMILES string of the molecule is Cc1c(C(N)=O)ccc(C(=O)C=C(c2cc(Cl)cc(Cl)c2)C(F)(F)F)c1C1CSC1. The average molecular weight is 474 g/mol. The second-order valence-corrected chi connectivity index (χ2v) is 8.82. The number of halogens is 5. The van der Waals surface area contributed by atoms with Crippen LogP contribution in [0.1, 0.15) is 43.3 Å². The molecule has 0 saturated carbocycles. The van der Waals surface area contributed by atoms with Gasteiger partial charge in [-0.15, -0.1) is 0 Å². The predicted molar refractivity (Wildman–Crippen MR) is 115 cm³/mol. The van der Waals surface area contributed by atoms with Crippen LogP contribution in [0.2, 0.25) is 10.0 Å². The van der Waals surface area contributed by atoms with Crippen LogP contribution in [0.25, 0.3) is 5.57 Å². The van der Waals surface area contributed by atoms with Gasteiger partial charge in [0.2, 0.25) is 5.91 Å². The minimum Gasteiger partial charge on any atom is -0.366 e. The van der Waals surface area contributed by atoms with Crippen molar-refractivity contribution in [1.29, 1.82) is 0 Å². The summed E-state index contributed by atoms with van der Waals surface area (Å²) >= 11 is 13.3. The molecular weight excluding hydrogens is 458 g/mol. The van der Waals surface area contributed by atoms with Gasteiger partial charge in [0.05, 0.1) is 5.57 Å². The molecule has 0 radical (unpaired) electrons. The molecule has 2 aromatic carbocycles. The normalized spacial score (nSPS) is 15.1. The summed E-state index contributed by atoms with van der Waals surface area (Å²) in [7, 11) is 0. The number of rotatable bonds is 5. The van der Waals surface area contributed by atoms with Gasteiger partial charge in [0.15, 0.2) is 5.78 Å². The van der Waals surface area contributed by atoms with E-state index in [9.17, 15) is 22.8 Å². The Balaban J connectivity index is 2.15. The molecule has 9 heteroatoms. The fourth-order valence-electron chi connectivity index (χ4n) is 3.39. The second-order valence-electron chi connectivity index (χ2n) is 6.88. The fraction of sp³-hybridized carbons (Fsp3) is 0.238. The third-order valence-corrected chi connectivity index (χ3v) is 6.56. The number of primary amides is 1. The number of amides is 1. The van der Waals surface area contributed by atoms with Crippen molar-refractivity contribution in [3.8, 4) is 0 Å². The summed E-state index contributed by atoms with van der Waals surface area (Å²) in [5.41, 5.74) is 5.40. The van der Waals surface area contributed by atoms with Gasteiger partial charge in [-0.2, -0.15) is 24.9 Å². The van der Waals surface area contributed by atoms with Gasteiger partial charge in [-0.1, -0.05) is 23.2 Å². The van der Waals surface area contributed by atoms with Gasteiger partial charge in [-0.05, 0) is 60.0 Å². The molecule has 0 bridgehead atoms. The number of allylic oxidation sites excluding steroid dienone is 2. The van der Waals surface area contributed by atoms with Crippen LogP contribution < -0.4 is 5.73 Å². The van der Waals surface area contributed by atoms with Crippen LogP contribution in [0, 0.1) is 6.92 Å². The van der Waals surface area contributed by atoms with Gasteiger partial charge in [-0.25, -0.2) is 0 Å². The van der Waals surface area contributed by atoms with Crippen molar-refractivity contribution < 1.29 is 22.8 Å². The number of nitrogens with two attached hydrogens (primary N) is 1. The Morgan fingerprint density at radius 2 is 1.67 bits per heavy atom. The molecule has 1 aliphatic heterocycles. The van der Waals surface area contributed by atoms with Gasteiger partial charge in [0.1, 0.15) is 0 Å². The van der Waals surface area contributed by atoms with Gasteiger partial charge in [-0.3, -0.25) is 9.59 Å². The van der Waals surface area contributed by atoms with Gasteiger partial charge < -0.3 is 5.73 Å². The van der Waals surface area contributed by atoms with E-state index in [2.05, 4.69) is 0 Å². The highest BCUT2D eigenvalue weighted by molar-refractivity contribution is 8.00. The highest BCUT2D eigenvalue weighted by Gasteiger charge is 2.36. The summed E-state index contributed by atoms with van der Waals surface area (Å²) in [5, 5.41) is 0.0443. The summed E-state index contributed by atoms with van der Waals surface area (Å²) in [6, 6.07) is 6.25. The lowest BCUT2D eigenvalue weighted by Crippen LogP contribution is -2.23. The lowest BCUT2D eigenvalue weighted by atomic mass is 9.86. The van der Waals surface area contributed by atoms with Crippen LogP contribution in [-0.4, -0.2) is 29.4 Å². The quantitative estimate of drug-likeness (QED) is 0.424. The first-order valence-electron chi connectivity index (χ1n) is 8.79. The largest absolute Gasteiger partial charge is 0.417 e. The maximum absolute atomic E-state index is 13.8. The number of carbonyl (C=O) groups excluding carboxylic acids is 2. The Morgan fingerprint density at radius 1 is 1.10 bits per heavy atom. The molecule has 3 rings (SSSR count). The Hall–Kier alpha value is -1.96. The number of benzene rings is 2. The zero-order chi connectivity index (χ0) is 22.2. The van der Waals surface area contributed by atoms with Crippen molar-refractivity contribution in [3.05, 3.63) is 74.3 Å². The number of alkyl halides is 3. The Bertz CT molecular complexity index is 1040. The van der Waals surface area contributed by atoms with E-state index >= 15 is 0 Å². The van der Waals surface area contributed by atoms with E-state index in [4.69, 9.17) is 28.9 Å². The van der Waals surface area contributed by atoms with E-state index < -0.39 is 23.4 Å². The Morgan fingerprint density at radius 3 is 2.13 bits per heavy atom. The summed E-state index contributed by atoms with van der Waals surface area (Å²) in [5.74, 6) is -0.0764. The number of hydrogen-bond donors (Lipinski definition) is 1. The molecule has 1 amide bonds. The highest BCUT2D eigenvalue weighted by Crippen LogP contribution is 2.40. The monoisotopic (exact) mass is 473 g/mol. The van der Waals surface area contributed by atoms with Crippen LogP contribution >= 0.6 is 35.0 Å². The smallest absolute Gasteiger partial charge is 0.366 e. The average Bonchev–Trinajstić information content (AvgIpc) is 2.57. The van der Waals surface area contributed by atoms with Gasteiger partial charge in [0, 0.05) is 38.6 Å². The number of thioether (sulfide) groups is 1. The van der Waals surface area contributed by atoms with Gasteiger partial charge >= 0.3 is 6.18 Å². The molecule has 1 heterocycles. The maximum atomic E-state index is 13.8. The minimum absolute atomic E-state index is 0.0222. The molecule has 0 atom stereocenters. The molecule has 1 aliphatic rings. The lowest BCUT2D eigenvalue weighted by molar-refractivity contribution is -0.0689. The number of hydrogen-bond acceptors (Lipinski definition) is 3. The van der Waals surface area contributed by atoms with Crippen LogP contribution in [0.15, 0.2) is 36.4 Å². The topological polar surface area (TPSA) is 60.2 Å². The molecule has 2 N–H and O–H groups in total. The zero-order valence-electron chi connectivity index (χ0n) is 15.6. The summed E-state index contributed by atoms with van der Waals surface area (Å²) in [6.45, 7) is 1.65. The summed E-state index contributed by atoms with van der Waals surface area (Å²) < 4.78 is 41.3. The molecule has 2 aromatic rings. The third-order valence-electron chi connectivity index (χ3n) is 4.85. The first-order valence-corrected chi connectivity index (χ1v) is 10.7. The molecule has 0 aliphatic carbocycles. The molecule has 30 heavy (non-hydrogen) atoms. The summed E-state index contributed by atoms with van der Waals surface area (Å²) in [6.07, 6.45) is -4.26. The molecule has 0 aromatic heterocycles. The van der Waals surface area contributed by atoms with Crippen molar-refractivity contribution in [2.45, 2.75) is 19.0 Å². The van der Waals surface area contributed by atoms with Crippen LogP contribution in [0.4, 0.5) is 13.2 Å². The maximum Gasteiger partial charge on any atom is 0.417 e. The van der Waals surface area contributed by atoms with E-state index in [1.54, 1.807) is 18.7 Å². The van der Waals surface area contributed by atoms with Gasteiger partial charge in [0.25, 0.3) is 0 Å². The summed E-state index contributed by atoms with van der Waals surface area (Å²) in [4.78, 5) is 24.7. The molecule has 0 unspecified atom stereocenters. The fourth-order valence-corrected chi connectivity index (χ4v) is 4.72. The Labute approximate surface area is 185 Å². The van der Waals surface area contributed by atoms with Crippen molar-refractivity contribution in [2.75, 3.05) is 11.5 Å². The van der Waals surface area contributed by atoms with Crippen LogP contribution in [-0.2, 0) is 0 Å². The molecule has 3 nitrogen and oxygen atoms in total. The van der Waals surface area contributed by atoms with E-state index in [-0.39, 0.29) is 32.7 Å². The standard InChI is InChI=1S/C21H16Cl2F3NO2S/c1-10-15(20(27)29)2-3-16(19(10)12-8-30-9-12)18(28)7-17(21(24,25)26)11-4-13(22)6-14(23)5-11/h2-7,12H,8-9H2,1H3,(H2,27,29). The third kappa shape index (κ3) is 4.68. The van der Waals surface area contributed by atoms with E-state index in [1.165, 1.54) is 18.2 Å². The van der Waals surface area contributed by atoms with Crippen LogP contribution in [0.5, 0.6) is 0 Å². The first kappa shape index (κ1) is 22.7. The van der Waals surface area contributed by atoms with Crippen LogP contribution in [0.3, 0.4) is 0 Å². The first-order chi connectivity index (χ1) is 14.0.